The number of hydrogen-bond acceptors (Lipinski definition) is 6. The van der Waals surface area contributed by atoms with Gasteiger partial charge in [-0.05, 0) is 54.4 Å². The highest BCUT2D eigenvalue weighted by Gasteiger charge is 2.24. The molecule has 8 nitrogen and oxygen atoms in total. The Morgan fingerprint density at radius 2 is 2.07 bits per heavy atom. The lowest BCUT2D eigenvalue weighted by Crippen LogP contribution is -2.12. The molecule has 0 bridgehead atoms. The fourth-order valence-corrected chi connectivity index (χ4v) is 4.67. The van der Waals surface area contributed by atoms with Gasteiger partial charge in [0.2, 0.25) is 0 Å². The molecular formula is C18H18ClN3O5S. The second-order valence-electron chi connectivity index (χ2n) is 5.97. The minimum absolute atomic E-state index is 0.225. The summed E-state index contributed by atoms with van der Waals surface area (Å²) in [4.78, 5) is 12.9. The summed E-state index contributed by atoms with van der Waals surface area (Å²) in [6.45, 7) is 0.720. The monoisotopic (exact) mass is 423 g/mol. The SMILES string of the molecule is NCCc1cn(S(=O)(=O)c2ccc3c(c2)CCO3)c2ccc(Cl)nc12.O=CO. The van der Waals surface area contributed by atoms with Gasteiger partial charge in [-0.25, -0.2) is 17.4 Å². The summed E-state index contributed by atoms with van der Waals surface area (Å²) in [6, 6.07) is 8.20. The van der Waals surface area contributed by atoms with Crippen LogP contribution in [0.15, 0.2) is 41.4 Å². The third kappa shape index (κ3) is 3.68. The molecule has 1 aliphatic rings. The Balaban J connectivity index is 0.000000706. The van der Waals surface area contributed by atoms with Crippen LogP contribution in [0, 0.1) is 0 Å². The maximum absolute atomic E-state index is 13.2. The first-order chi connectivity index (χ1) is 13.4. The Kier molecular flexibility index (Phi) is 5.87. The number of rotatable bonds is 4. The van der Waals surface area contributed by atoms with E-state index in [4.69, 9.17) is 32.0 Å². The number of aromatic nitrogens is 2. The standard InChI is InChI=1S/C17H16ClN3O3S.CH2O2/c18-16-4-2-14-17(20-16)12(5-7-19)10-21(14)25(22,23)13-1-3-15-11(9-13)6-8-24-15;2-1-3/h1-4,9-10H,5-8,19H2;1H,(H,2,3). The van der Waals surface area contributed by atoms with Gasteiger partial charge in [0.15, 0.2) is 0 Å². The highest BCUT2D eigenvalue weighted by atomic mass is 35.5. The molecule has 3 aromatic rings. The number of nitrogens with zero attached hydrogens (tertiary/aromatic N) is 2. The van der Waals surface area contributed by atoms with Gasteiger partial charge in [-0.2, -0.15) is 0 Å². The van der Waals surface area contributed by atoms with Gasteiger partial charge in [0.1, 0.15) is 10.9 Å². The van der Waals surface area contributed by atoms with Crippen molar-refractivity contribution in [2.45, 2.75) is 17.7 Å². The molecule has 2 aromatic heterocycles. The number of pyridine rings is 1. The van der Waals surface area contributed by atoms with Gasteiger partial charge >= 0.3 is 0 Å². The molecule has 0 fully saturated rings. The molecule has 1 aliphatic heterocycles. The van der Waals surface area contributed by atoms with Crippen LogP contribution in [0.25, 0.3) is 11.0 Å². The first kappa shape index (κ1) is 20.1. The van der Waals surface area contributed by atoms with Crippen molar-refractivity contribution in [2.75, 3.05) is 13.2 Å². The number of carboxylic acid groups (broad SMARTS) is 1. The quantitative estimate of drug-likeness (QED) is 0.486. The summed E-state index contributed by atoms with van der Waals surface area (Å²) in [5, 5.41) is 7.20. The van der Waals surface area contributed by atoms with Crippen LogP contribution >= 0.6 is 11.6 Å². The molecule has 0 saturated carbocycles. The molecule has 10 heteroatoms. The molecule has 0 unspecified atom stereocenters. The number of carbonyl (C=O) groups is 1. The number of nitrogens with two attached hydrogens (primary N) is 1. The number of benzene rings is 1. The van der Waals surface area contributed by atoms with Crippen molar-refractivity contribution in [3.63, 3.8) is 0 Å². The van der Waals surface area contributed by atoms with E-state index in [2.05, 4.69) is 4.98 Å². The molecule has 148 valence electrons. The van der Waals surface area contributed by atoms with Gasteiger partial charge in [0, 0.05) is 12.6 Å². The lowest BCUT2D eigenvalue weighted by atomic mass is 10.2. The zero-order valence-corrected chi connectivity index (χ0v) is 16.3. The largest absolute Gasteiger partial charge is 0.493 e. The highest BCUT2D eigenvalue weighted by Crippen LogP contribution is 2.31. The van der Waals surface area contributed by atoms with Gasteiger partial charge in [-0.15, -0.1) is 0 Å². The molecule has 0 aliphatic carbocycles. The normalized spacial score (nSPS) is 12.8. The summed E-state index contributed by atoms with van der Waals surface area (Å²) in [5.41, 5.74) is 8.36. The van der Waals surface area contributed by atoms with Crippen LogP contribution in [0.2, 0.25) is 5.15 Å². The van der Waals surface area contributed by atoms with Gasteiger partial charge in [0.05, 0.1) is 22.5 Å². The topological polar surface area (TPSA) is 125 Å². The van der Waals surface area contributed by atoms with Crippen LogP contribution in [0.1, 0.15) is 11.1 Å². The number of fused-ring (bicyclic) bond motifs is 2. The van der Waals surface area contributed by atoms with E-state index in [-0.39, 0.29) is 11.4 Å². The van der Waals surface area contributed by atoms with E-state index in [0.29, 0.717) is 42.2 Å². The minimum atomic E-state index is -3.76. The van der Waals surface area contributed by atoms with E-state index in [1.165, 1.54) is 3.97 Å². The molecule has 0 spiro atoms. The van der Waals surface area contributed by atoms with Crippen LogP contribution in [0.5, 0.6) is 5.75 Å². The second kappa shape index (κ2) is 8.17. The Labute approximate surface area is 166 Å². The van der Waals surface area contributed by atoms with E-state index >= 15 is 0 Å². The first-order valence-electron chi connectivity index (χ1n) is 8.38. The summed E-state index contributed by atoms with van der Waals surface area (Å²) in [6.07, 6.45) is 2.81. The Bertz CT molecular complexity index is 1130. The summed E-state index contributed by atoms with van der Waals surface area (Å²) >= 11 is 5.98. The molecule has 0 radical (unpaired) electrons. The first-order valence-corrected chi connectivity index (χ1v) is 10.2. The fourth-order valence-electron chi connectivity index (χ4n) is 3.09. The number of halogens is 1. The van der Waals surface area contributed by atoms with Gasteiger partial charge in [0.25, 0.3) is 16.5 Å². The van der Waals surface area contributed by atoms with Crippen molar-refractivity contribution in [2.24, 2.45) is 5.73 Å². The van der Waals surface area contributed by atoms with E-state index in [1.54, 1.807) is 36.5 Å². The van der Waals surface area contributed by atoms with Crippen molar-refractivity contribution in [1.82, 2.24) is 8.96 Å². The van der Waals surface area contributed by atoms with Crippen LogP contribution in [-0.2, 0) is 27.7 Å². The summed E-state index contributed by atoms with van der Waals surface area (Å²) < 4.78 is 33.1. The molecule has 3 heterocycles. The average Bonchev–Trinajstić information content (AvgIpc) is 3.27. The molecule has 0 atom stereocenters. The Morgan fingerprint density at radius 1 is 1.32 bits per heavy atom. The van der Waals surface area contributed by atoms with E-state index in [9.17, 15) is 8.42 Å². The molecule has 0 amide bonds. The van der Waals surface area contributed by atoms with Crippen molar-refractivity contribution < 1.29 is 23.1 Å². The van der Waals surface area contributed by atoms with Crippen molar-refractivity contribution in [1.29, 1.82) is 0 Å². The summed E-state index contributed by atoms with van der Waals surface area (Å²) in [5.74, 6) is 0.744. The van der Waals surface area contributed by atoms with Crippen LogP contribution in [0.4, 0.5) is 0 Å². The predicted molar refractivity (Wildman–Crippen MR) is 104 cm³/mol. The van der Waals surface area contributed by atoms with Gasteiger partial charge in [-0.1, -0.05) is 11.6 Å². The van der Waals surface area contributed by atoms with Crippen molar-refractivity contribution in [3.05, 3.63) is 52.8 Å². The van der Waals surface area contributed by atoms with E-state index < -0.39 is 10.0 Å². The third-order valence-corrected chi connectivity index (χ3v) is 6.17. The maximum atomic E-state index is 13.2. The average molecular weight is 424 g/mol. The van der Waals surface area contributed by atoms with Crippen LogP contribution in [0.3, 0.4) is 0 Å². The van der Waals surface area contributed by atoms with Crippen LogP contribution in [-0.4, -0.2) is 42.1 Å². The Morgan fingerprint density at radius 3 is 2.79 bits per heavy atom. The number of ether oxygens (including phenoxy) is 1. The van der Waals surface area contributed by atoms with E-state index in [0.717, 1.165) is 16.9 Å². The zero-order chi connectivity index (χ0) is 20.3. The Hall–Kier alpha value is -2.62. The zero-order valence-electron chi connectivity index (χ0n) is 14.7. The van der Waals surface area contributed by atoms with Gasteiger partial charge in [-0.3, -0.25) is 4.79 Å². The molecule has 3 N–H and O–H groups in total. The second-order valence-corrected chi connectivity index (χ2v) is 8.17. The van der Waals surface area contributed by atoms with Crippen molar-refractivity contribution >= 4 is 39.1 Å². The molecular weight excluding hydrogens is 406 g/mol. The molecule has 4 rings (SSSR count). The lowest BCUT2D eigenvalue weighted by molar-refractivity contribution is -0.122. The molecule has 1 aromatic carbocycles. The molecule has 0 saturated heterocycles. The van der Waals surface area contributed by atoms with Crippen molar-refractivity contribution in [3.8, 4) is 5.75 Å². The smallest absolute Gasteiger partial charge is 0.290 e. The van der Waals surface area contributed by atoms with Crippen LogP contribution < -0.4 is 10.5 Å². The fraction of sp³-hybridized carbons (Fsp3) is 0.222. The number of hydrogen-bond donors (Lipinski definition) is 2. The third-order valence-electron chi connectivity index (χ3n) is 4.29. The van der Waals surface area contributed by atoms with E-state index in [1.807, 2.05) is 0 Å². The summed E-state index contributed by atoms with van der Waals surface area (Å²) in [7, 11) is -3.76. The molecule has 28 heavy (non-hydrogen) atoms. The van der Waals surface area contributed by atoms with Gasteiger partial charge < -0.3 is 15.6 Å². The predicted octanol–water partition coefficient (Wildman–Crippen LogP) is 2.06. The minimum Gasteiger partial charge on any atom is -0.493 e. The lowest BCUT2D eigenvalue weighted by Gasteiger charge is -2.09. The highest BCUT2D eigenvalue weighted by molar-refractivity contribution is 7.90. The maximum Gasteiger partial charge on any atom is 0.290 e.